The summed E-state index contributed by atoms with van der Waals surface area (Å²) in [7, 11) is 1.55. The first-order valence-corrected chi connectivity index (χ1v) is 12.3. The Morgan fingerprint density at radius 2 is 1.82 bits per heavy atom. The van der Waals surface area contributed by atoms with Crippen LogP contribution in [0.1, 0.15) is 26.5 Å². The summed E-state index contributed by atoms with van der Waals surface area (Å²) in [6.07, 6.45) is 3.31. The van der Waals surface area contributed by atoms with Crippen molar-refractivity contribution in [1.29, 1.82) is 0 Å². The molecule has 13 heteroatoms. The Bertz CT molecular complexity index is 1310. The van der Waals surface area contributed by atoms with Crippen LogP contribution < -0.4 is 19.7 Å². The number of ether oxygens (including phenoxy) is 3. The fourth-order valence-electron chi connectivity index (χ4n) is 3.59. The summed E-state index contributed by atoms with van der Waals surface area (Å²) in [5, 5.41) is 2.56. The van der Waals surface area contributed by atoms with Crippen molar-refractivity contribution in [2.75, 3.05) is 31.6 Å². The van der Waals surface area contributed by atoms with Gasteiger partial charge in [-0.25, -0.2) is 14.8 Å². The molecule has 3 amide bonds. The van der Waals surface area contributed by atoms with E-state index < -0.39 is 29.8 Å². The zero-order chi connectivity index (χ0) is 28.2. The van der Waals surface area contributed by atoms with Crippen molar-refractivity contribution < 1.29 is 28.6 Å². The highest BCUT2D eigenvalue weighted by Gasteiger charge is 2.31. The Morgan fingerprint density at radius 3 is 2.44 bits per heavy atom. The number of aromatic nitrogens is 4. The van der Waals surface area contributed by atoms with Crippen molar-refractivity contribution in [1.82, 2.24) is 29.7 Å². The first kappa shape index (κ1) is 27.4. The molecule has 3 aromatic rings. The van der Waals surface area contributed by atoms with Crippen LogP contribution in [-0.2, 0) is 14.3 Å². The van der Waals surface area contributed by atoms with Crippen molar-refractivity contribution in [3.8, 4) is 17.4 Å². The van der Waals surface area contributed by atoms with Crippen LogP contribution in [0.2, 0.25) is 0 Å². The van der Waals surface area contributed by atoms with E-state index in [-0.39, 0.29) is 19.6 Å². The molecule has 0 fully saturated rings. The standard InChI is InChI=1S/C26H31N7O6/c1-17-12-20(30-24(29-17)32-11-10-27-16-32)31(5)22(35)13-28-21(34)14-33(25(36)39-26(2,3)4)15-23-37-18-8-6-7-9-19(18)38-23/h6-12,16,23H,13-15H2,1-5H3,(H,28,34). The molecule has 13 nitrogen and oxygen atoms in total. The first-order valence-electron chi connectivity index (χ1n) is 12.3. The Hall–Kier alpha value is -4.68. The number of carbonyl (C=O) groups is 3. The fourth-order valence-corrected chi connectivity index (χ4v) is 3.59. The molecule has 4 rings (SSSR count). The van der Waals surface area contributed by atoms with Crippen LogP contribution in [0.4, 0.5) is 10.6 Å². The normalized spacial score (nSPS) is 12.6. The highest BCUT2D eigenvalue weighted by molar-refractivity contribution is 5.96. The highest BCUT2D eigenvalue weighted by atomic mass is 16.7. The molecule has 2 aromatic heterocycles. The Kier molecular flexibility index (Phi) is 7.98. The zero-order valence-electron chi connectivity index (χ0n) is 22.5. The molecule has 0 radical (unpaired) electrons. The number of fused-ring (bicyclic) bond motifs is 1. The summed E-state index contributed by atoms with van der Waals surface area (Å²) in [5.41, 5.74) is -0.130. The number of aryl methyl sites for hydroxylation is 1. The van der Waals surface area contributed by atoms with Gasteiger partial charge < -0.3 is 19.5 Å². The van der Waals surface area contributed by atoms with Gasteiger partial charge in [0.05, 0.1) is 13.1 Å². The number of anilines is 1. The lowest BCUT2D eigenvalue weighted by Gasteiger charge is -2.28. The maximum Gasteiger partial charge on any atom is 0.411 e. The molecule has 0 atom stereocenters. The van der Waals surface area contributed by atoms with E-state index in [2.05, 4.69) is 20.3 Å². The van der Waals surface area contributed by atoms with Gasteiger partial charge in [-0.15, -0.1) is 0 Å². The van der Waals surface area contributed by atoms with E-state index in [4.69, 9.17) is 14.2 Å². The third-order valence-electron chi connectivity index (χ3n) is 5.44. The predicted octanol–water partition coefficient (Wildman–Crippen LogP) is 2.08. The van der Waals surface area contributed by atoms with Gasteiger partial charge in [0.1, 0.15) is 24.3 Å². The van der Waals surface area contributed by atoms with Gasteiger partial charge in [0, 0.05) is 31.2 Å². The molecule has 0 spiro atoms. The monoisotopic (exact) mass is 537 g/mol. The molecule has 1 aliphatic heterocycles. The van der Waals surface area contributed by atoms with E-state index >= 15 is 0 Å². The number of carbonyl (C=O) groups excluding carboxylic acids is 3. The van der Waals surface area contributed by atoms with Crippen LogP contribution in [0, 0.1) is 6.92 Å². The van der Waals surface area contributed by atoms with Gasteiger partial charge in [-0.1, -0.05) is 12.1 Å². The largest absolute Gasteiger partial charge is 0.449 e. The van der Waals surface area contributed by atoms with Gasteiger partial charge in [0.2, 0.25) is 17.8 Å². The number of hydrogen-bond acceptors (Lipinski definition) is 9. The number of nitrogens with zero attached hydrogens (tertiary/aromatic N) is 6. The van der Waals surface area contributed by atoms with Gasteiger partial charge >= 0.3 is 6.09 Å². The predicted molar refractivity (Wildman–Crippen MR) is 140 cm³/mol. The van der Waals surface area contributed by atoms with Gasteiger partial charge in [-0.05, 0) is 39.8 Å². The Balaban J connectivity index is 1.37. The second-order valence-electron chi connectivity index (χ2n) is 9.84. The van der Waals surface area contributed by atoms with Crippen molar-refractivity contribution in [2.24, 2.45) is 0 Å². The van der Waals surface area contributed by atoms with E-state index in [1.54, 1.807) is 88.4 Å². The van der Waals surface area contributed by atoms with Crippen molar-refractivity contribution in [3.05, 3.63) is 54.7 Å². The molecule has 206 valence electrons. The third-order valence-corrected chi connectivity index (χ3v) is 5.44. The number of nitrogens with one attached hydrogen (secondary N) is 1. The maximum absolute atomic E-state index is 12.9. The Morgan fingerprint density at radius 1 is 1.13 bits per heavy atom. The van der Waals surface area contributed by atoms with Crippen molar-refractivity contribution in [2.45, 2.75) is 39.6 Å². The molecule has 1 aromatic carbocycles. The summed E-state index contributed by atoms with van der Waals surface area (Å²) in [4.78, 5) is 53.8. The number of likely N-dealkylation sites (N-methyl/N-ethyl adjacent to an activating group) is 1. The molecule has 0 aliphatic carbocycles. The van der Waals surface area contributed by atoms with Crippen LogP contribution >= 0.6 is 0 Å². The molecule has 0 bridgehead atoms. The summed E-state index contributed by atoms with van der Waals surface area (Å²) >= 11 is 0. The van der Waals surface area contributed by atoms with Crippen LogP contribution in [-0.4, -0.2) is 80.9 Å². The summed E-state index contributed by atoms with van der Waals surface area (Å²) in [5.74, 6) is 0.825. The van der Waals surface area contributed by atoms with E-state index in [1.807, 2.05) is 0 Å². The summed E-state index contributed by atoms with van der Waals surface area (Å²) in [6, 6.07) is 8.76. The van der Waals surface area contributed by atoms with Crippen LogP contribution in [0.25, 0.3) is 5.95 Å². The minimum absolute atomic E-state index is 0.0674. The van der Waals surface area contributed by atoms with Crippen LogP contribution in [0.3, 0.4) is 0 Å². The molecule has 1 N–H and O–H groups in total. The fraction of sp³-hybridized carbons (Fsp3) is 0.385. The molecular weight excluding hydrogens is 506 g/mol. The van der Waals surface area contributed by atoms with E-state index in [1.165, 1.54) is 9.80 Å². The zero-order valence-corrected chi connectivity index (χ0v) is 22.5. The molecule has 0 saturated carbocycles. The highest BCUT2D eigenvalue weighted by Crippen LogP contribution is 2.34. The molecule has 1 aliphatic rings. The maximum atomic E-state index is 12.9. The smallest absolute Gasteiger partial charge is 0.411 e. The van der Waals surface area contributed by atoms with E-state index in [0.717, 1.165) is 0 Å². The average Bonchev–Trinajstić information content (AvgIpc) is 3.55. The Labute approximate surface area is 225 Å². The molecule has 39 heavy (non-hydrogen) atoms. The third kappa shape index (κ3) is 7.21. The number of amides is 3. The van der Waals surface area contributed by atoms with E-state index in [0.29, 0.717) is 29.0 Å². The number of benzene rings is 1. The van der Waals surface area contributed by atoms with Gasteiger partial charge in [0.25, 0.3) is 6.29 Å². The average molecular weight is 538 g/mol. The number of imidazole rings is 1. The lowest BCUT2D eigenvalue weighted by molar-refractivity contribution is -0.126. The second-order valence-corrected chi connectivity index (χ2v) is 9.84. The SMILES string of the molecule is Cc1cc(N(C)C(=O)CNC(=O)CN(CC2Oc3ccccc3O2)C(=O)OC(C)(C)C)nc(-n2ccnc2)n1. The number of hydrogen-bond donors (Lipinski definition) is 1. The molecule has 0 unspecified atom stereocenters. The summed E-state index contributed by atoms with van der Waals surface area (Å²) in [6.45, 7) is 6.20. The van der Waals surface area contributed by atoms with Gasteiger partial charge in [-0.2, -0.15) is 4.98 Å². The lowest BCUT2D eigenvalue weighted by Crippen LogP contribution is -2.49. The van der Waals surface area contributed by atoms with Crippen LogP contribution in [0.15, 0.2) is 49.1 Å². The molecular formula is C26H31N7O6. The minimum atomic E-state index is -0.818. The van der Waals surface area contributed by atoms with Gasteiger partial charge in [0.15, 0.2) is 11.5 Å². The molecule has 3 heterocycles. The molecule has 0 saturated heterocycles. The van der Waals surface area contributed by atoms with Crippen molar-refractivity contribution >= 4 is 23.7 Å². The lowest BCUT2D eigenvalue weighted by atomic mass is 10.2. The van der Waals surface area contributed by atoms with E-state index in [9.17, 15) is 14.4 Å². The quantitative estimate of drug-likeness (QED) is 0.457. The topological polar surface area (TPSA) is 141 Å². The number of para-hydroxylation sites is 2. The minimum Gasteiger partial charge on any atom is -0.449 e. The second kappa shape index (κ2) is 11.4. The van der Waals surface area contributed by atoms with Crippen LogP contribution in [0.5, 0.6) is 11.5 Å². The van der Waals surface area contributed by atoms with Crippen molar-refractivity contribution in [3.63, 3.8) is 0 Å². The first-order chi connectivity index (χ1) is 18.5. The summed E-state index contributed by atoms with van der Waals surface area (Å²) < 4.78 is 18.6. The van der Waals surface area contributed by atoms with Gasteiger partial charge in [-0.3, -0.25) is 24.0 Å². The number of rotatable bonds is 8.